The molecule has 0 aromatic heterocycles. The summed E-state index contributed by atoms with van der Waals surface area (Å²) in [7, 11) is 4.11. The Balaban J connectivity index is 1.55. The molecule has 2 rings (SSSR count). The van der Waals surface area contributed by atoms with Gasteiger partial charge in [0, 0.05) is 58.9 Å². The van der Waals surface area contributed by atoms with Crippen LogP contribution in [0.15, 0.2) is 0 Å². The molecule has 134 valence electrons. The number of hydrogen-bond acceptors (Lipinski definition) is 5. The van der Waals surface area contributed by atoms with Gasteiger partial charge in [0.05, 0.1) is 13.2 Å². The van der Waals surface area contributed by atoms with Gasteiger partial charge >= 0.3 is 6.03 Å². The van der Waals surface area contributed by atoms with Gasteiger partial charge in [-0.25, -0.2) is 4.79 Å². The molecule has 23 heavy (non-hydrogen) atoms. The van der Waals surface area contributed by atoms with Gasteiger partial charge in [0.1, 0.15) is 0 Å². The van der Waals surface area contributed by atoms with Crippen molar-refractivity contribution in [2.45, 2.75) is 6.42 Å². The standard InChI is InChI=1S/C16H33N5O2/c1-18(2)5-3-4-17-16(22)21-10-8-19(9-11-21)6-7-20-12-14-23-15-13-20/h3-15H2,1-2H3,(H,17,22). The van der Waals surface area contributed by atoms with E-state index < -0.39 is 0 Å². The number of carbonyl (C=O) groups is 1. The Labute approximate surface area is 140 Å². The Kier molecular flexibility index (Phi) is 8.08. The van der Waals surface area contributed by atoms with Crippen LogP contribution in [-0.4, -0.2) is 118 Å². The van der Waals surface area contributed by atoms with Crippen LogP contribution in [0.5, 0.6) is 0 Å². The molecule has 0 unspecified atom stereocenters. The number of ether oxygens (including phenoxy) is 1. The fourth-order valence-electron chi connectivity index (χ4n) is 2.98. The Morgan fingerprint density at radius 1 is 1.00 bits per heavy atom. The Bertz CT molecular complexity index is 339. The van der Waals surface area contributed by atoms with E-state index in [1.807, 2.05) is 4.90 Å². The van der Waals surface area contributed by atoms with Crippen molar-refractivity contribution >= 4 is 6.03 Å². The van der Waals surface area contributed by atoms with Gasteiger partial charge in [0.25, 0.3) is 0 Å². The molecule has 2 fully saturated rings. The predicted molar refractivity (Wildman–Crippen MR) is 91.8 cm³/mol. The lowest BCUT2D eigenvalue weighted by Crippen LogP contribution is -2.53. The maximum absolute atomic E-state index is 12.1. The van der Waals surface area contributed by atoms with Gasteiger partial charge < -0.3 is 19.9 Å². The van der Waals surface area contributed by atoms with Crippen LogP contribution in [0.25, 0.3) is 0 Å². The third-order valence-electron chi connectivity index (χ3n) is 4.55. The zero-order valence-corrected chi connectivity index (χ0v) is 14.8. The van der Waals surface area contributed by atoms with Crippen LogP contribution in [0.1, 0.15) is 6.42 Å². The van der Waals surface area contributed by atoms with Crippen LogP contribution in [0.3, 0.4) is 0 Å². The maximum Gasteiger partial charge on any atom is 0.317 e. The third-order valence-corrected chi connectivity index (χ3v) is 4.55. The molecule has 0 aromatic rings. The molecule has 2 heterocycles. The molecule has 0 radical (unpaired) electrons. The van der Waals surface area contributed by atoms with Gasteiger partial charge in [-0.15, -0.1) is 0 Å². The molecule has 1 N–H and O–H groups in total. The van der Waals surface area contributed by atoms with E-state index in [1.54, 1.807) is 0 Å². The summed E-state index contributed by atoms with van der Waals surface area (Å²) in [5.41, 5.74) is 0. The van der Waals surface area contributed by atoms with Gasteiger partial charge in [-0.3, -0.25) is 9.80 Å². The van der Waals surface area contributed by atoms with Crippen molar-refractivity contribution in [2.24, 2.45) is 0 Å². The highest BCUT2D eigenvalue weighted by Crippen LogP contribution is 2.03. The zero-order valence-electron chi connectivity index (χ0n) is 14.8. The first-order valence-electron chi connectivity index (χ1n) is 8.85. The van der Waals surface area contributed by atoms with Gasteiger partial charge in [0.15, 0.2) is 0 Å². The van der Waals surface area contributed by atoms with Gasteiger partial charge in [-0.1, -0.05) is 0 Å². The van der Waals surface area contributed by atoms with E-state index in [9.17, 15) is 4.79 Å². The van der Waals surface area contributed by atoms with E-state index >= 15 is 0 Å². The SMILES string of the molecule is CN(C)CCCNC(=O)N1CCN(CCN2CCOCC2)CC1. The van der Waals surface area contributed by atoms with Gasteiger partial charge in [0.2, 0.25) is 0 Å². The number of nitrogens with zero attached hydrogens (tertiary/aromatic N) is 4. The number of piperazine rings is 1. The van der Waals surface area contributed by atoms with Crippen molar-refractivity contribution < 1.29 is 9.53 Å². The van der Waals surface area contributed by atoms with E-state index in [4.69, 9.17) is 4.74 Å². The lowest BCUT2D eigenvalue weighted by Gasteiger charge is -2.36. The summed E-state index contributed by atoms with van der Waals surface area (Å²) in [6.45, 7) is 11.4. The highest BCUT2D eigenvalue weighted by atomic mass is 16.5. The molecule has 0 saturated carbocycles. The molecule has 0 aliphatic carbocycles. The highest BCUT2D eigenvalue weighted by Gasteiger charge is 2.21. The minimum atomic E-state index is 0.0941. The third kappa shape index (κ3) is 7.03. The second-order valence-corrected chi connectivity index (χ2v) is 6.67. The minimum Gasteiger partial charge on any atom is -0.379 e. The van der Waals surface area contributed by atoms with E-state index in [0.717, 1.165) is 85.1 Å². The second-order valence-electron chi connectivity index (χ2n) is 6.67. The normalized spacial score (nSPS) is 20.9. The minimum absolute atomic E-state index is 0.0941. The predicted octanol–water partition coefficient (Wildman–Crippen LogP) is -0.402. The molecule has 0 aromatic carbocycles. The molecule has 0 spiro atoms. The van der Waals surface area contributed by atoms with Crippen LogP contribution < -0.4 is 5.32 Å². The van der Waals surface area contributed by atoms with Crippen LogP contribution in [0.2, 0.25) is 0 Å². The molecule has 0 bridgehead atoms. The number of nitrogens with one attached hydrogen (secondary N) is 1. The van der Waals surface area contributed by atoms with Crippen molar-refractivity contribution in [1.82, 2.24) is 24.9 Å². The first-order chi connectivity index (χ1) is 11.1. The summed E-state index contributed by atoms with van der Waals surface area (Å²) in [5.74, 6) is 0. The first-order valence-corrected chi connectivity index (χ1v) is 8.85. The quantitative estimate of drug-likeness (QED) is 0.645. The number of carbonyl (C=O) groups excluding carboxylic acids is 1. The van der Waals surface area contributed by atoms with Crippen LogP contribution in [-0.2, 0) is 4.74 Å². The number of rotatable bonds is 7. The van der Waals surface area contributed by atoms with Gasteiger partial charge in [-0.05, 0) is 27.1 Å². The zero-order chi connectivity index (χ0) is 16.5. The topological polar surface area (TPSA) is 51.3 Å². The molecule has 2 aliphatic rings. The van der Waals surface area contributed by atoms with E-state index in [1.165, 1.54) is 0 Å². The molecule has 7 heteroatoms. The summed E-state index contributed by atoms with van der Waals surface area (Å²) >= 11 is 0. The first kappa shape index (κ1) is 18.4. The van der Waals surface area contributed by atoms with Crippen molar-refractivity contribution in [3.8, 4) is 0 Å². The summed E-state index contributed by atoms with van der Waals surface area (Å²) in [4.78, 5) is 21.1. The van der Waals surface area contributed by atoms with E-state index in [0.29, 0.717) is 0 Å². The van der Waals surface area contributed by atoms with E-state index in [2.05, 4.69) is 34.1 Å². The lowest BCUT2D eigenvalue weighted by atomic mass is 10.3. The Morgan fingerprint density at radius 2 is 1.61 bits per heavy atom. The second kappa shape index (κ2) is 10.1. The molecular weight excluding hydrogens is 294 g/mol. The summed E-state index contributed by atoms with van der Waals surface area (Å²) in [5, 5.41) is 3.03. The van der Waals surface area contributed by atoms with Crippen LogP contribution in [0, 0.1) is 0 Å². The molecule has 2 saturated heterocycles. The monoisotopic (exact) mass is 327 g/mol. The van der Waals surface area contributed by atoms with Crippen molar-refractivity contribution in [3.63, 3.8) is 0 Å². The largest absolute Gasteiger partial charge is 0.379 e. The number of urea groups is 1. The van der Waals surface area contributed by atoms with Crippen LogP contribution in [0.4, 0.5) is 4.79 Å². The van der Waals surface area contributed by atoms with Crippen molar-refractivity contribution in [3.05, 3.63) is 0 Å². The lowest BCUT2D eigenvalue weighted by molar-refractivity contribution is 0.0309. The Morgan fingerprint density at radius 3 is 2.22 bits per heavy atom. The van der Waals surface area contributed by atoms with Crippen molar-refractivity contribution in [1.29, 1.82) is 0 Å². The molecule has 2 aliphatic heterocycles. The average Bonchev–Trinajstić information content (AvgIpc) is 2.58. The van der Waals surface area contributed by atoms with E-state index in [-0.39, 0.29) is 6.03 Å². The number of amides is 2. The molecule has 2 amide bonds. The van der Waals surface area contributed by atoms with Gasteiger partial charge in [-0.2, -0.15) is 0 Å². The molecule has 0 atom stereocenters. The molecular formula is C16H33N5O2. The Hall–Kier alpha value is -0.890. The molecule has 7 nitrogen and oxygen atoms in total. The smallest absolute Gasteiger partial charge is 0.317 e. The summed E-state index contributed by atoms with van der Waals surface area (Å²) in [6.07, 6.45) is 0.998. The maximum atomic E-state index is 12.1. The number of morpholine rings is 1. The fourth-order valence-corrected chi connectivity index (χ4v) is 2.98. The fraction of sp³-hybridized carbons (Fsp3) is 0.938. The van der Waals surface area contributed by atoms with Crippen molar-refractivity contribution in [2.75, 3.05) is 92.8 Å². The average molecular weight is 327 g/mol. The van der Waals surface area contributed by atoms with Crippen LogP contribution >= 0.6 is 0 Å². The summed E-state index contributed by atoms with van der Waals surface area (Å²) < 4.78 is 5.38. The highest BCUT2D eigenvalue weighted by molar-refractivity contribution is 5.74. The number of hydrogen-bond donors (Lipinski definition) is 1. The summed E-state index contributed by atoms with van der Waals surface area (Å²) in [6, 6.07) is 0.0941.